The van der Waals surface area contributed by atoms with E-state index in [0.29, 0.717) is 10.5 Å². The molecule has 1 atom stereocenters. The van der Waals surface area contributed by atoms with Crippen molar-refractivity contribution in [2.45, 2.75) is 17.4 Å². The van der Waals surface area contributed by atoms with Gasteiger partial charge in [-0.15, -0.1) is 11.8 Å². The van der Waals surface area contributed by atoms with E-state index in [4.69, 9.17) is 10.2 Å². The Balaban J connectivity index is 2.01. The van der Waals surface area contributed by atoms with Crippen molar-refractivity contribution in [2.75, 3.05) is 5.75 Å². The van der Waals surface area contributed by atoms with E-state index in [1.807, 2.05) is 6.07 Å². The molecule has 1 amide bonds. The number of amides is 1. The van der Waals surface area contributed by atoms with Gasteiger partial charge in [-0.2, -0.15) is 0 Å². The molecule has 0 saturated heterocycles. The molecule has 2 rings (SSSR count). The summed E-state index contributed by atoms with van der Waals surface area (Å²) in [6, 6.07) is 13.6. The summed E-state index contributed by atoms with van der Waals surface area (Å²) in [4.78, 5) is 46.8. The van der Waals surface area contributed by atoms with E-state index in [2.05, 4.69) is 5.32 Å². The van der Waals surface area contributed by atoms with Gasteiger partial charge in [-0.1, -0.05) is 36.4 Å². The van der Waals surface area contributed by atoms with Crippen molar-refractivity contribution in [3.8, 4) is 0 Å². The molecule has 0 aliphatic rings. The van der Waals surface area contributed by atoms with Crippen LogP contribution >= 0.6 is 11.8 Å². The second-order valence-corrected chi connectivity index (χ2v) is 6.62. The van der Waals surface area contributed by atoms with Crippen molar-refractivity contribution in [3.63, 3.8) is 0 Å². The van der Waals surface area contributed by atoms with Crippen molar-refractivity contribution in [3.05, 3.63) is 65.7 Å². The number of carbonyl (C=O) groups is 4. The zero-order valence-corrected chi connectivity index (χ0v) is 14.9. The van der Waals surface area contributed by atoms with Crippen LogP contribution in [-0.4, -0.2) is 45.6 Å². The van der Waals surface area contributed by atoms with Crippen LogP contribution in [0.15, 0.2) is 59.5 Å². The van der Waals surface area contributed by atoms with Crippen LogP contribution in [0.25, 0.3) is 0 Å². The van der Waals surface area contributed by atoms with Gasteiger partial charge in [-0.3, -0.25) is 14.4 Å². The van der Waals surface area contributed by atoms with Crippen LogP contribution in [0.3, 0.4) is 0 Å². The number of hydrogen-bond donors (Lipinski definition) is 3. The van der Waals surface area contributed by atoms with Gasteiger partial charge in [-0.25, -0.2) is 4.79 Å². The van der Waals surface area contributed by atoms with Crippen LogP contribution in [0.5, 0.6) is 0 Å². The summed E-state index contributed by atoms with van der Waals surface area (Å²) in [6.07, 6.45) is -0.721. The lowest BCUT2D eigenvalue weighted by atomic mass is 10.1. The smallest absolute Gasteiger partial charge is 0.326 e. The lowest BCUT2D eigenvalue weighted by Gasteiger charge is -2.12. The van der Waals surface area contributed by atoms with Crippen molar-refractivity contribution < 1.29 is 29.4 Å². The molecular formula is C19H17NO6S. The fraction of sp³-hybridized carbons (Fsp3) is 0.158. The molecule has 0 aliphatic heterocycles. The maximum Gasteiger partial charge on any atom is 0.326 e. The van der Waals surface area contributed by atoms with E-state index in [1.165, 1.54) is 23.9 Å². The Bertz CT molecular complexity index is 852. The molecule has 2 aromatic carbocycles. The Morgan fingerprint density at radius 2 is 1.59 bits per heavy atom. The molecule has 1 unspecified atom stereocenters. The summed E-state index contributed by atoms with van der Waals surface area (Å²) in [5.41, 5.74) is 0.778. The number of rotatable bonds is 9. The predicted molar refractivity (Wildman–Crippen MR) is 99.1 cm³/mol. The largest absolute Gasteiger partial charge is 0.481 e. The predicted octanol–water partition coefficient (Wildman–Crippen LogP) is 2.32. The summed E-state index contributed by atoms with van der Waals surface area (Å²) < 4.78 is 0. The van der Waals surface area contributed by atoms with Gasteiger partial charge in [0, 0.05) is 16.0 Å². The first-order valence-corrected chi connectivity index (χ1v) is 8.92. The van der Waals surface area contributed by atoms with Gasteiger partial charge in [0.25, 0.3) is 5.91 Å². The molecule has 0 heterocycles. The second-order valence-electron chi connectivity index (χ2n) is 5.57. The Kier molecular flexibility index (Phi) is 7.13. The summed E-state index contributed by atoms with van der Waals surface area (Å²) in [6.45, 7) is 0. The zero-order chi connectivity index (χ0) is 19.8. The molecule has 0 fully saturated rings. The highest BCUT2D eigenvalue weighted by atomic mass is 32.2. The second kappa shape index (κ2) is 9.54. The van der Waals surface area contributed by atoms with Crippen LogP contribution in [0.2, 0.25) is 0 Å². The minimum absolute atomic E-state index is 0.0529. The Hall–Kier alpha value is -3.13. The van der Waals surface area contributed by atoms with Gasteiger partial charge in [0.15, 0.2) is 5.78 Å². The molecule has 3 N–H and O–H groups in total. The molecule has 0 spiro atoms. The highest BCUT2D eigenvalue weighted by molar-refractivity contribution is 8.00. The quantitative estimate of drug-likeness (QED) is 0.446. The van der Waals surface area contributed by atoms with Gasteiger partial charge in [0.2, 0.25) is 0 Å². The average molecular weight is 387 g/mol. The number of aliphatic carboxylic acids is 2. The van der Waals surface area contributed by atoms with Gasteiger partial charge >= 0.3 is 11.9 Å². The van der Waals surface area contributed by atoms with Crippen LogP contribution < -0.4 is 5.32 Å². The summed E-state index contributed by atoms with van der Waals surface area (Å²) in [7, 11) is 0. The van der Waals surface area contributed by atoms with Gasteiger partial charge in [-0.05, 0) is 18.2 Å². The number of carboxylic acids is 2. The highest BCUT2D eigenvalue weighted by Gasteiger charge is 2.23. The summed E-state index contributed by atoms with van der Waals surface area (Å²) in [5.74, 6) is -3.31. The Labute approximate surface area is 159 Å². The van der Waals surface area contributed by atoms with Gasteiger partial charge in [0.1, 0.15) is 6.04 Å². The van der Waals surface area contributed by atoms with Crippen LogP contribution in [-0.2, 0) is 9.59 Å². The minimum Gasteiger partial charge on any atom is -0.481 e. The number of Topliss-reactive ketones (excluding diaryl/α,β-unsaturated/α-hetero) is 1. The van der Waals surface area contributed by atoms with E-state index in [9.17, 15) is 19.2 Å². The van der Waals surface area contributed by atoms with E-state index in [1.54, 1.807) is 36.4 Å². The number of ketones is 1. The molecule has 8 heteroatoms. The molecule has 27 heavy (non-hydrogen) atoms. The number of thioether (sulfide) groups is 1. The fourth-order valence-electron chi connectivity index (χ4n) is 2.20. The molecule has 0 aromatic heterocycles. The monoisotopic (exact) mass is 387 g/mol. The van der Waals surface area contributed by atoms with Crippen LogP contribution in [0.4, 0.5) is 0 Å². The lowest BCUT2D eigenvalue weighted by Crippen LogP contribution is -2.42. The number of carboxylic acid groups (broad SMARTS) is 2. The van der Waals surface area contributed by atoms with E-state index < -0.39 is 30.3 Å². The molecular weight excluding hydrogens is 370 g/mol. The maximum absolute atomic E-state index is 12.2. The van der Waals surface area contributed by atoms with E-state index in [-0.39, 0.29) is 17.1 Å². The lowest BCUT2D eigenvalue weighted by molar-refractivity contribution is -0.145. The zero-order valence-electron chi connectivity index (χ0n) is 14.1. The maximum atomic E-state index is 12.2. The Morgan fingerprint density at radius 1 is 0.926 bits per heavy atom. The minimum atomic E-state index is -1.52. The van der Waals surface area contributed by atoms with Gasteiger partial charge in [0.05, 0.1) is 12.2 Å². The molecule has 2 aromatic rings. The molecule has 0 saturated carbocycles. The topological polar surface area (TPSA) is 121 Å². The molecule has 0 bridgehead atoms. The first-order chi connectivity index (χ1) is 12.9. The number of carbonyl (C=O) groups excluding carboxylic acids is 2. The summed E-state index contributed by atoms with van der Waals surface area (Å²) in [5, 5.41) is 19.9. The van der Waals surface area contributed by atoms with Crippen molar-refractivity contribution in [2.24, 2.45) is 0 Å². The third-order valence-electron chi connectivity index (χ3n) is 3.54. The first-order valence-electron chi connectivity index (χ1n) is 7.93. The van der Waals surface area contributed by atoms with E-state index in [0.717, 1.165) is 0 Å². The fourth-order valence-corrected chi connectivity index (χ4v) is 3.05. The third-order valence-corrected chi connectivity index (χ3v) is 4.54. The van der Waals surface area contributed by atoms with Crippen molar-refractivity contribution >= 4 is 35.4 Å². The standard InChI is InChI=1S/C19H17NO6S/c21-16(12-5-2-1-3-6-12)11-27-14-8-4-7-13(9-14)18(24)20-15(19(25)26)10-17(22)23/h1-9,15H,10-11H2,(H,20,24)(H,22,23)(H,25,26). The molecule has 140 valence electrons. The number of benzene rings is 2. The molecule has 0 aliphatic carbocycles. The van der Waals surface area contributed by atoms with Gasteiger partial charge < -0.3 is 15.5 Å². The number of nitrogens with one attached hydrogen (secondary N) is 1. The van der Waals surface area contributed by atoms with E-state index >= 15 is 0 Å². The molecule has 7 nitrogen and oxygen atoms in total. The Morgan fingerprint density at radius 3 is 2.22 bits per heavy atom. The number of hydrogen-bond acceptors (Lipinski definition) is 5. The van der Waals surface area contributed by atoms with Crippen LogP contribution in [0.1, 0.15) is 27.1 Å². The average Bonchev–Trinajstić information content (AvgIpc) is 2.66. The molecule has 0 radical (unpaired) electrons. The third kappa shape index (κ3) is 6.27. The van der Waals surface area contributed by atoms with Crippen molar-refractivity contribution in [1.29, 1.82) is 0 Å². The van der Waals surface area contributed by atoms with Crippen LogP contribution in [0, 0.1) is 0 Å². The first kappa shape index (κ1) is 20.2. The van der Waals surface area contributed by atoms with Crippen molar-refractivity contribution in [1.82, 2.24) is 5.32 Å². The normalized spacial score (nSPS) is 11.4. The SMILES string of the molecule is O=C(O)CC(NC(=O)c1cccc(SCC(=O)c2ccccc2)c1)C(=O)O. The highest BCUT2D eigenvalue weighted by Crippen LogP contribution is 2.20. The summed E-state index contributed by atoms with van der Waals surface area (Å²) >= 11 is 1.25.